The predicted octanol–water partition coefficient (Wildman–Crippen LogP) is 1.87. The van der Waals surface area contributed by atoms with Crippen LogP contribution in [0.15, 0.2) is 48.5 Å². The van der Waals surface area contributed by atoms with Gasteiger partial charge in [0.2, 0.25) is 5.91 Å². The molecule has 0 aliphatic carbocycles. The molecular weight excluding hydrogens is 408 g/mol. The van der Waals surface area contributed by atoms with E-state index >= 15 is 0 Å². The molecule has 154 valence electrons. The number of nitrogens with one attached hydrogen (secondary N) is 2. The van der Waals surface area contributed by atoms with Crippen LogP contribution in [0.2, 0.25) is 5.02 Å². The molecule has 1 heterocycles. The predicted molar refractivity (Wildman–Crippen MR) is 110 cm³/mol. The number of morpholine rings is 1. The summed E-state index contributed by atoms with van der Waals surface area (Å²) in [6.45, 7) is 0.817. The molecule has 1 unspecified atom stereocenters. The maximum absolute atomic E-state index is 12.5. The number of carbonyl (C=O) groups excluding carboxylic acids is 3. The van der Waals surface area contributed by atoms with E-state index in [4.69, 9.17) is 21.6 Å². The number of hydrogen-bond acceptors (Lipinski definition) is 5. The van der Waals surface area contributed by atoms with Gasteiger partial charge in [-0.15, -0.1) is 0 Å². The zero-order valence-electron chi connectivity index (χ0n) is 15.9. The second-order valence-electron chi connectivity index (χ2n) is 6.55. The van der Waals surface area contributed by atoms with Crippen molar-refractivity contribution in [2.75, 3.05) is 31.6 Å². The first-order valence-electron chi connectivity index (χ1n) is 9.21. The van der Waals surface area contributed by atoms with Gasteiger partial charge in [-0.3, -0.25) is 14.4 Å². The van der Waals surface area contributed by atoms with Crippen LogP contribution >= 0.6 is 11.6 Å². The Balaban J connectivity index is 1.53. The number of nitrogens with zero attached hydrogens (tertiary/aromatic N) is 2. The van der Waals surface area contributed by atoms with Gasteiger partial charge in [0.1, 0.15) is 12.2 Å². The Morgan fingerprint density at radius 1 is 1.17 bits per heavy atom. The van der Waals surface area contributed by atoms with E-state index in [0.29, 0.717) is 24.7 Å². The highest BCUT2D eigenvalue weighted by Crippen LogP contribution is 2.22. The van der Waals surface area contributed by atoms with Crippen molar-refractivity contribution in [3.05, 3.63) is 64.7 Å². The zero-order valence-corrected chi connectivity index (χ0v) is 16.7. The number of anilines is 1. The summed E-state index contributed by atoms with van der Waals surface area (Å²) in [6.07, 6.45) is -0.241. The summed E-state index contributed by atoms with van der Waals surface area (Å²) in [6, 6.07) is 15.8. The first-order valence-corrected chi connectivity index (χ1v) is 9.59. The number of nitriles is 1. The molecule has 1 aliphatic rings. The molecule has 2 N–H and O–H groups in total. The number of hydrogen-bond donors (Lipinski definition) is 2. The van der Waals surface area contributed by atoms with Gasteiger partial charge in [-0.1, -0.05) is 41.9 Å². The fourth-order valence-corrected chi connectivity index (χ4v) is 3.16. The Hall–Kier alpha value is -3.41. The van der Waals surface area contributed by atoms with E-state index in [0.717, 1.165) is 5.56 Å². The standard InChI is InChI=1S/C21H19ClN4O4/c22-16-7-6-15(11-23)17(10-16)25-21(29)20(28)24-12-19(27)26-8-9-30-18(13-26)14-4-2-1-3-5-14/h1-7,10,18H,8-9,12-13H2,(H,24,28)(H,25,29). The highest BCUT2D eigenvalue weighted by Gasteiger charge is 2.26. The molecule has 0 aromatic heterocycles. The second-order valence-corrected chi connectivity index (χ2v) is 6.98. The fraction of sp³-hybridized carbons (Fsp3) is 0.238. The Morgan fingerprint density at radius 2 is 1.93 bits per heavy atom. The molecule has 2 aromatic rings. The third-order valence-electron chi connectivity index (χ3n) is 4.55. The molecule has 2 aromatic carbocycles. The van der Waals surface area contributed by atoms with E-state index in [1.807, 2.05) is 36.4 Å². The molecule has 1 aliphatic heterocycles. The molecule has 9 heteroatoms. The van der Waals surface area contributed by atoms with E-state index in [-0.39, 0.29) is 29.8 Å². The molecule has 1 saturated heterocycles. The van der Waals surface area contributed by atoms with Gasteiger partial charge in [-0.2, -0.15) is 5.26 Å². The van der Waals surface area contributed by atoms with Gasteiger partial charge >= 0.3 is 11.8 Å². The SMILES string of the molecule is N#Cc1ccc(Cl)cc1NC(=O)C(=O)NCC(=O)N1CCOC(c2ccccc2)C1. The van der Waals surface area contributed by atoms with Gasteiger partial charge in [0.15, 0.2) is 0 Å². The van der Waals surface area contributed by atoms with Crippen molar-refractivity contribution in [2.24, 2.45) is 0 Å². The van der Waals surface area contributed by atoms with Crippen LogP contribution in [0.5, 0.6) is 0 Å². The maximum Gasteiger partial charge on any atom is 0.313 e. The lowest BCUT2D eigenvalue weighted by molar-refractivity contribution is -0.141. The summed E-state index contributed by atoms with van der Waals surface area (Å²) < 4.78 is 5.72. The quantitative estimate of drug-likeness (QED) is 0.725. The molecule has 0 spiro atoms. The minimum Gasteiger partial charge on any atom is -0.370 e. The molecule has 1 atom stereocenters. The van der Waals surface area contributed by atoms with E-state index in [2.05, 4.69) is 10.6 Å². The van der Waals surface area contributed by atoms with Crippen molar-refractivity contribution in [3.8, 4) is 6.07 Å². The summed E-state index contributed by atoms with van der Waals surface area (Å²) in [5.74, 6) is -2.30. The average molecular weight is 427 g/mol. The first kappa shape index (κ1) is 21.3. The topological polar surface area (TPSA) is 112 Å². The molecule has 0 radical (unpaired) electrons. The van der Waals surface area contributed by atoms with Gasteiger partial charge in [0.25, 0.3) is 0 Å². The second kappa shape index (κ2) is 9.87. The highest BCUT2D eigenvalue weighted by molar-refractivity contribution is 6.40. The fourth-order valence-electron chi connectivity index (χ4n) is 2.99. The monoisotopic (exact) mass is 426 g/mol. The van der Waals surface area contributed by atoms with Crippen LogP contribution < -0.4 is 10.6 Å². The van der Waals surface area contributed by atoms with Crippen LogP contribution in [-0.4, -0.2) is 48.9 Å². The summed E-state index contributed by atoms with van der Waals surface area (Å²) in [5.41, 5.74) is 1.25. The minimum absolute atomic E-state index is 0.121. The summed E-state index contributed by atoms with van der Waals surface area (Å²) >= 11 is 5.86. The first-order chi connectivity index (χ1) is 14.5. The van der Waals surface area contributed by atoms with Gasteiger partial charge in [-0.05, 0) is 23.8 Å². The van der Waals surface area contributed by atoms with Crippen molar-refractivity contribution in [3.63, 3.8) is 0 Å². The summed E-state index contributed by atoms with van der Waals surface area (Å²) in [5, 5.41) is 14.0. The number of amides is 3. The smallest absolute Gasteiger partial charge is 0.313 e. The van der Waals surface area contributed by atoms with Crippen LogP contribution in [-0.2, 0) is 19.1 Å². The Bertz CT molecular complexity index is 990. The third-order valence-corrected chi connectivity index (χ3v) is 4.78. The Labute approximate surface area is 178 Å². The highest BCUT2D eigenvalue weighted by atomic mass is 35.5. The number of halogens is 1. The van der Waals surface area contributed by atoms with E-state index in [1.54, 1.807) is 4.90 Å². The summed E-state index contributed by atoms with van der Waals surface area (Å²) in [4.78, 5) is 38.2. The lowest BCUT2D eigenvalue weighted by Gasteiger charge is -2.33. The van der Waals surface area contributed by atoms with Crippen molar-refractivity contribution in [2.45, 2.75) is 6.10 Å². The van der Waals surface area contributed by atoms with Crippen molar-refractivity contribution >= 4 is 35.0 Å². The molecule has 1 fully saturated rings. The molecule has 3 rings (SSSR count). The molecule has 30 heavy (non-hydrogen) atoms. The normalized spacial score (nSPS) is 15.7. The number of benzene rings is 2. The van der Waals surface area contributed by atoms with Gasteiger partial charge in [-0.25, -0.2) is 0 Å². The van der Waals surface area contributed by atoms with E-state index in [9.17, 15) is 14.4 Å². The van der Waals surface area contributed by atoms with E-state index < -0.39 is 11.8 Å². The van der Waals surface area contributed by atoms with Crippen molar-refractivity contribution in [1.29, 1.82) is 5.26 Å². The lowest BCUT2D eigenvalue weighted by Crippen LogP contribution is -2.48. The summed E-state index contributed by atoms with van der Waals surface area (Å²) in [7, 11) is 0. The van der Waals surface area contributed by atoms with Crippen molar-refractivity contribution < 1.29 is 19.1 Å². The molecule has 0 saturated carbocycles. The minimum atomic E-state index is -0.995. The Kier molecular flexibility index (Phi) is 7.01. The molecular formula is C21H19ClN4O4. The molecule has 0 bridgehead atoms. The van der Waals surface area contributed by atoms with Crippen LogP contribution in [0.4, 0.5) is 5.69 Å². The number of carbonyl (C=O) groups is 3. The number of rotatable bonds is 4. The maximum atomic E-state index is 12.5. The lowest BCUT2D eigenvalue weighted by atomic mass is 10.1. The van der Waals surface area contributed by atoms with Crippen LogP contribution in [0, 0.1) is 11.3 Å². The largest absolute Gasteiger partial charge is 0.370 e. The Morgan fingerprint density at radius 3 is 2.67 bits per heavy atom. The van der Waals surface area contributed by atoms with Gasteiger partial charge in [0, 0.05) is 11.6 Å². The van der Waals surface area contributed by atoms with Crippen LogP contribution in [0.1, 0.15) is 17.2 Å². The average Bonchev–Trinajstić information content (AvgIpc) is 2.78. The van der Waals surface area contributed by atoms with Crippen LogP contribution in [0.3, 0.4) is 0 Å². The van der Waals surface area contributed by atoms with E-state index in [1.165, 1.54) is 18.2 Å². The third kappa shape index (κ3) is 5.35. The zero-order chi connectivity index (χ0) is 21.5. The number of ether oxygens (including phenoxy) is 1. The van der Waals surface area contributed by atoms with Gasteiger partial charge < -0.3 is 20.3 Å². The van der Waals surface area contributed by atoms with Crippen LogP contribution in [0.25, 0.3) is 0 Å². The van der Waals surface area contributed by atoms with Gasteiger partial charge in [0.05, 0.1) is 30.9 Å². The van der Waals surface area contributed by atoms with Crippen molar-refractivity contribution in [1.82, 2.24) is 10.2 Å². The molecule has 8 nitrogen and oxygen atoms in total. The molecule has 3 amide bonds.